The first-order valence-electron chi connectivity index (χ1n) is 7.53. The lowest BCUT2D eigenvalue weighted by Gasteiger charge is -2.14. The highest BCUT2D eigenvalue weighted by atomic mass is 19.1. The summed E-state index contributed by atoms with van der Waals surface area (Å²) in [4.78, 5) is 4.48. The highest BCUT2D eigenvalue weighted by Crippen LogP contribution is 2.38. The molecule has 3 aromatic rings. The molecule has 0 aliphatic carbocycles. The number of pyridine rings is 1. The lowest BCUT2D eigenvalue weighted by Crippen LogP contribution is -1.98. The number of hydrogen-bond acceptors (Lipinski definition) is 6. The summed E-state index contributed by atoms with van der Waals surface area (Å²) >= 11 is 0. The van der Waals surface area contributed by atoms with Crippen molar-refractivity contribution in [1.82, 2.24) is 4.98 Å². The average Bonchev–Trinajstić information content (AvgIpc) is 2.62. The van der Waals surface area contributed by atoms with E-state index in [-0.39, 0.29) is 5.75 Å². The molecule has 0 spiro atoms. The summed E-state index contributed by atoms with van der Waals surface area (Å²) in [7, 11) is 4.83. The third kappa shape index (κ3) is 3.21. The minimum Gasteiger partial charge on any atom is -0.493 e. The van der Waals surface area contributed by atoms with Gasteiger partial charge in [-0.25, -0.2) is 9.37 Å². The number of nitrogens with one attached hydrogen (secondary N) is 1. The number of aromatic nitrogens is 1. The van der Waals surface area contributed by atoms with Crippen molar-refractivity contribution in [2.45, 2.75) is 0 Å². The van der Waals surface area contributed by atoms with Crippen LogP contribution in [0, 0.1) is 5.82 Å². The second kappa shape index (κ2) is 6.72. The molecule has 0 atom stereocenters. The van der Waals surface area contributed by atoms with Gasteiger partial charge >= 0.3 is 0 Å². The molecule has 0 saturated heterocycles. The van der Waals surface area contributed by atoms with Crippen molar-refractivity contribution in [1.29, 1.82) is 0 Å². The van der Waals surface area contributed by atoms with Crippen LogP contribution in [0.1, 0.15) is 0 Å². The van der Waals surface area contributed by atoms with E-state index in [0.29, 0.717) is 39.7 Å². The summed E-state index contributed by atoms with van der Waals surface area (Å²) in [6, 6.07) is 9.43. The minimum absolute atomic E-state index is 0.0681. The Labute approximate surface area is 144 Å². The maximum absolute atomic E-state index is 14.1. The topological polar surface area (TPSA) is 78.6 Å². The van der Waals surface area contributed by atoms with Gasteiger partial charge in [-0.1, -0.05) is 0 Å². The Morgan fingerprint density at radius 3 is 2.32 bits per heavy atom. The molecule has 0 saturated carbocycles. The first kappa shape index (κ1) is 16.6. The van der Waals surface area contributed by atoms with Crippen molar-refractivity contribution < 1.29 is 18.6 Å². The first-order valence-corrected chi connectivity index (χ1v) is 7.53. The number of halogens is 1. The molecule has 0 amide bonds. The van der Waals surface area contributed by atoms with E-state index in [2.05, 4.69) is 10.3 Å². The van der Waals surface area contributed by atoms with Gasteiger partial charge in [0.2, 0.25) is 0 Å². The van der Waals surface area contributed by atoms with Crippen LogP contribution >= 0.6 is 0 Å². The molecule has 3 N–H and O–H groups in total. The molecule has 0 aliphatic heterocycles. The van der Waals surface area contributed by atoms with Crippen LogP contribution in [0.3, 0.4) is 0 Å². The number of ether oxygens (including phenoxy) is 3. The fourth-order valence-electron chi connectivity index (χ4n) is 2.45. The number of methoxy groups -OCH3 is 2. The molecule has 1 heterocycles. The van der Waals surface area contributed by atoms with Gasteiger partial charge in [0.15, 0.2) is 23.1 Å². The highest BCUT2D eigenvalue weighted by molar-refractivity contribution is 5.90. The van der Waals surface area contributed by atoms with Gasteiger partial charge in [-0.05, 0) is 18.2 Å². The predicted molar refractivity (Wildman–Crippen MR) is 95.3 cm³/mol. The maximum Gasteiger partial charge on any atom is 0.167 e. The van der Waals surface area contributed by atoms with Crippen LogP contribution < -0.4 is 25.3 Å². The molecular formula is C18H18FN3O3. The van der Waals surface area contributed by atoms with Crippen LogP contribution in [-0.4, -0.2) is 26.3 Å². The van der Waals surface area contributed by atoms with Crippen LogP contribution in [0.4, 0.5) is 15.9 Å². The van der Waals surface area contributed by atoms with Crippen molar-refractivity contribution in [3.63, 3.8) is 0 Å². The van der Waals surface area contributed by atoms with Gasteiger partial charge in [-0.15, -0.1) is 0 Å². The molecule has 6 nitrogen and oxygen atoms in total. The summed E-state index contributed by atoms with van der Waals surface area (Å²) in [5, 5.41) is 3.62. The summed E-state index contributed by atoms with van der Waals surface area (Å²) in [5.41, 5.74) is 6.53. The lowest BCUT2D eigenvalue weighted by atomic mass is 10.1. The standard InChI is InChI=1S/C18H18FN3O3/c1-21-18-9-15(25-14-5-4-10(20)6-12(14)19)11-7-16(23-2)17(24-3)8-13(11)22-18/h4-9H,20H2,1-3H3,(H,21,22). The molecule has 0 aliphatic rings. The number of nitrogens with two attached hydrogens (primary N) is 1. The zero-order valence-corrected chi connectivity index (χ0v) is 14.1. The zero-order chi connectivity index (χ0) is 18.0. The monoisotopic (exact) mass is 343 g/mol. The Morgan fingerprint density at radius 1 is 0.960 bits per heavy atom. The van der Waals surface area contributed by atoms with Crippen molar-refractivity contribution in [2.24, 2.45) is 0 Å². The molecule has 0 radical (unpaired) electrons. The van der Waals surface area contributed by atoms with Crippen LogP contribution in [-0.2, 0) is 0 Å². The zero-order valence-electron chi connectivity index (χ0n) is 14.1. The number of fused-ring (bicyclic) bond motifs is 1. The van der Waals surface area contributed by atoms with E-state index in [4.69, 9.17) is 19.9 Å². The molecule has 3 rings (SSSR count). The summed E-state index contributed by atoms with van der Waals surface area (Å²) in [5.74, 6) is 1.59. The van der Waals surface area contributed by atoms with Crippen LogP contribution in [0.25, 0.3) is 10.9 Å². The first-order chi connectivity index (χ1) is 12.0. The molecule has 2 aromatic carbocycles. The molecule has 0 bridgehead atoms. The number of hydrogen-bond donors (Lipinski definition) is 2. The maximum atomic E-state index is 14.1. The molecule has 0 fully saturated rings. The number of anilines is 2. The smallest absolute Gasteiger partial charge is 0.167 e. The van der Waals surface area contributed by atoms with Crippen LogP contribution in [0.15, 0.2) is 36.4 Å². The summed E-state index contributed by atoms with van der Waals surface area (Å²) in [6.07, 6.45) is 0. The predicted octanol–water partition coefficient (Wildman–Crippen LogP) is 3.81. The average molecular weight is 343 g/mol. The van der Waals surface area contributed by atoms with Gasteiger partial charge in [-0.3, -0.25) is 0 Å². The fraction of sp³-hybridized carbons (Fsp3) is 0.167. The third-order valence-corrected chi connectivity index (χ3v) is 3.71. The van der Waals surface area contributed by atoms with Gasteiger partial charge in [0, 0.05) is 36.3 Å². The van der Waals surface area contributed by atoms with Gasteiger partial charge < -0.3 is 25.3 Å². The van der Waals surface area contributed by atoms with E-state index in [9.17, 15) is 4.39 Å². The Balaban J connectivity index is 2.17. The molecular weight excluding hydrogens is 325 g/mol. The van der Waals surface area contributed by atoms with Gasteiger partial charge in [0.1, 0.15) is 11.6 Å². The second-order valence-corrected chi connectivity index (χ2v) is 5.27. The third-order valence-electron chi connectivity index (χ3n) is 3.71. The number of benzene rings is 2. The van der Waals surface area contributed by atoms with E-state index in [1.807, 2.05) is 0 Å². The summed E-state index contributed by atoms with van der Waals surface area (Å²) < 4.78 is 30.5. The summed E-state index contributed by atoms with van der Waals surface area (Å²) in [6.45, 7) is 0. The molecule has 130 valence electrons. The number of rotatable bonds is 5. The van der Waals surface area contributed by atoms with Gasteiger partial charge in [0.25, 0.3) is 0 Å². The van der Waals surface area contributed by atoms with E-state index in [1.54, 1.807) is 45.5 Å². The van der Waals surface area contributed by atoms with E-state index >= 15 is 0 Å². The van der Waals surface area contributed by atoms with E-state index in [0.717, 1.165) is 0 Å². The number of nitrogens with zero attached hydrogens (tertiary/aromatic N) is 1. The van der Waals surface area contributed by atoms with Gasteiger partial charge in [-0.2, -0.15) is 0 Å². The largest absolute Gasteiger partial charge is 0.493 e. The molecule has 0 unspecified atom stereocenters. The number of nitrogen functional groups attached to an aromatic ring is 1. The fourth-order valence-corrected chi connectivity index (χ4v) is 2.45. The van der Waals surface area contributed by atoms with Gasteiger partial charge in [0.05, 0.1) is 19.7 Å². The van der Waals surface area contributed by atoms with Crippen LogP contribution in [0.2, 0.25) is 0 Å². The van der Waals surface area contributed by atoms with Crippen molar-refractivity contribution in [3.8, 4) is 23.0 Å². The highest BCUT2D eigenvalue weighted by Gasteiger charge is 2.14. The Morgan fingerprint density at radius 2 is 1.68 bits per heavy atom. The van der Waals surface area contributed by atoms with E-state index in [1.165, 1.54) is 12.1 Å². The molecule has 25 heavy (non-hydrogen) atoms. The Hall–Kier alpha value is -3.22. The van der Waals surface area contributed by atoms with Crippen molar-refractivity contribution in [2.75, 3.05) is 32.3 Å². The normalized spacial score (nSPS) is 10.6. The molecule has 7 heteroatoms. The molecule has 1 aromatic heterocycles. The van der Waals surface area contributed by atoms with Crippen molar-refractivity contribution >= 4 is 22.4 Å². The SMILES string of the molecule is CNc1cc(Oc2ccc(N)cc2F)c2cc(OC)c(OC)cc2n1. The quantitative estimate of drug-likeness (QED) is 0.686. The minimum atomic E-state index is -0.545. The second-order valence-electron chi connectivity index (χ2n) is 5.27. The van der Waals surface area contributed by atoms with Crippen molar-refractivity contribution in [3.05, 3.63) is 42.2 Å². The van der Waals surface area contributed by atoms with E-state index < -0.39 is 5.82 Å². The Kier molecular flexibility index (Phi) is 4.47. The van der Waals surface area contributed by atoms with Crippen LogP contribution in [0.5, 0.6) is 23.0 Å². The Bertz CT molecular complexity index is 931. The lowest BCUT2D eigenvalue weighted by molar-refractivity contribution is 0.355.